The molecule has 2 atom stereocenters. The van der Waals surface area contributed by atoms with Gasteiger partial charge in [0, 0.05) is 29.2 Å². The molecule has 0 saturated heterocycles. The van der Waals surface area contributed by atoms with Crippen molar-refractivity contribution in [3.8, 4) is 23.0 Å². The molecule has 1 aliphatic heterocycles. The fourth-order valence-corrected chi connectivity index (χ4v) is 5.23. The van der Waals surface area contributed by atoms with E-state index < -0.39 is 11.7 Å². The molecule has 0 saturated carbocycles. The summed E-state index contributed by atoms with van der Waals surface area (Å²) in [7, 11) is 0. The first-order valence-electron chi connectivity index (χ1n) is 16.9. The first-order chi connectivity index (χ1) is 21.9. The van der Waals surface area contributed by atoms with Crippen molar-refractivity contribution in [3.63, 3.8) is 0 Å². The first kappa shape index (κ1) is 35.4. The van der Waals surface area contributed by atoms with E-state index in [0.29, 0.717) is 19.0 Å². The van der Waals surface area contributed by atoms with Gasteiger partial charge in [-0.1, -0.05) is 92.0 Å². The largest absolute Gasteiger partial charge is 0.493 e. The van der Waals surface area contributed by atoms with Crippen LogP contribution in [0.25, 0.3) is 11.1 Å². The predicted octanol–water partition coefficient (Wildman–Crippen LogP) is 9.47. The van der Waals surface area contributed by atoms with Crippen LogP contribution in [0.15, 0.2) is 66.7 Å². The third-order valence-electron chi connectivity index (χ3n) is 8.03. The van der Waals surface area contributed by atoms with Crippen LogP contribution in [-0.4, -0.2) is 37.7 Å². The number of hydrogen-bond acceptors (Lipinski definition) is 6. The lowest BCUT2D eigenvalue weighted by atomic mass is 9.86. The highest BCUT2D eigenvalue weighted by Crippen LogP contribution is 2.48. The fraction of sp³-hybridized carbons (Fsp3) is 0.500. The lowest BCUT2D eigenvalue weighted by Crippen LogP contribution is -2.31. The number of unbranched alkanes of at least 4 members (excludes halogenated alkanes) is 3. The number of ether oxygens (including phenoxy) is 4. The summed E-state index contributed by atoms with van der Waals surface area (Å²) < 4.78 is 24.8. The summed E-state index contributed by atoms with van der Waals surface area (Å²) in [5, 5.41) is 14.1. The van der Waals surface area contributed by atoms with Crippen LogP contribution >= 0.6 is 0 Å². The van der Waals surface area contributed by atoms with Crippen LogP contribution in [0, 0.1) is 10.8 Å². The molecule has 0 spiro atoms. The van der Waals surface area contributed by atoms with Gasteiger partial charge in [0.15, 0.2) is 0 Å². The Morgan fingerprint density at radius 1 is 0.804 bits per heavy atom. The van der Waals surface area contributed by atoms with Crippen LogP contribution in [-0.2, 0) is 0 Å². The summed E-state index contributed by atoms with van der Waals surface area (Å²) in [5.74, 6) is 2.98. The molecule has 0 aliphatic carbocycles. The normalized spacial score (nSPS) is 15.6. The number of aliphatic hydroxyl groups is 1. The third kappa shape index (κ3) is 10.0. The molecule has 0 radical (unpaired) electrons. The van der Waals surface area contributed by atoms with Crippen LogP contribution in [0.4, 0.5) is 0 Å². The van der Waals surface area contributed by atoms with Gasteiger partial charge in [-0.2, -0.15) is 0 Å². The van der Waals surface area contributed by atoms with Crippen molar-refractivity contribution in [3.05, 3.63) is 83.4 Å². The molecule has 1 unspecified atom stereocenters. The van der Waals surface area contributed by atoms with Gasteiger partial charge in [0.25, 0.3) is 0 Å². The Hall–Kier alpha value is -3.48. The number of benzene rings is 3. The van der Waals surface area contributed by atoms with Gasteiger partial charge < -0.3 is 29.4 Å². The zero-order valence-corrected chi connectivity index (χ0v) is 29.2. The molecule has 4 rings (SSSR count). The molecule has 2 N–H and O–H groups in total. The van der Waals surface area contributed by atoms with E-state index >= 15 is 0 Å². The van der Waals surface area contributed by atoms with E-state index in [1.54, 1.807) is 0 Å². The molecular formula is C40H55NO5. The van der Waals surface area contributed by atoms with E-state index in [-0.39, 0.29) is 11.5 Å². The second-order valence-corrected chi connectivity index (χ2v) is 14.6. The van der Waals surface area contributed by atoms with Crippen LogP contribution in [0.2, 0.25) is 0 Å². The van der Waals surface area contributed by atoms with Crippen molar-refractivity contribution in [2.45, 2.75) is 93.5 Å². The predicted molar refractivity (Wildman–Crippen MR) is 189 cm³/mol. The topological polar surface area (TPSA) is 69.2 Å². The van der Waals surface area contributed by atoms with E-state index in [9.17, 15) is 5.11 Å². The zero-order valence-electron chi connectivity index (χ0n) is 29.2. The summed E-state index contributed by atoms with van der Waals surface area (Å²) in [5.41, 5.74) is 4.98. The number of aliphatic hydroxyl groups excluding tert-OH is 1. The molecule has 0 fully saturated rings. The van der Waals surface area contributed by atoms with Gasteiger partial charge in [-0.3, -0.25) is 0 Å². The van der Waals surface area contributed by atoms with Gasteiger partial charge >= 0.3 is 0 Å². The molecule has 0 amide bonds. The maximum Gasteiger partial charge on any atom is 0.202 e. The molecule has 0 bridgehead atoms. The smallest absolute Gasteiger partial charge is 0.202 e. The van der Waals surface area contributed by atoms with E-state index in [2.05, 4.69) is 64.2 Å². The van der Waals surface area contributed by atoms with E-state index in [1.807, 2.05) is 63.2 Å². The molecule has 3 aromatic rings. The Morgan fingerprint density at radius 2 is 1.46 bits per heavy atom. The fourth-order valence-electron chi connectivity index (χ4n) is 5.23. The highest BCUT2D eigenvalue weighted by molar-refractivity contribution is 5.95. The number of fused-ring (bicyclic) bond motifs is 1. The van der Waals surface area contributed by atoms with Gasteiger partial charge in [-0.15, -0.1) is 0 Å². The molecule has 6 nitrogen and oxygen atoms in total. The Kier molecular flexibility index (Phi) is 12.2. The van der Waals surface area contributed by atoms with Gasteiger partial charge in [-0.05, 0) is 78.4 Å². The van der Waals surface area contributed by atoms with Crippen LogP contribution in [0.3, 0.4) is 0 Å². The lowest BCUT2D eigenvalue weighted by molar-refractivity contribution is -0.0932. The van der Waals surface area contributed by atoms with E-state index in [0.717, 1.165) is 58.2 Å². The molecule has 0 aromatic heterocycles. The Bertz CT molecular complexity index is 1410. The molecule has 1 aliphatic rings. The molecule has 46 heavy (non-hydrogen) atoms. The molecule has 3 aromatic carbocycles. The van der Waals surface area contributed by atoms with Crippen molar-refractivity contribution >= 4 is 11.1 Å². The van der Waals surface area contributed by atoms with Gasteiger partial charge in [0.05, 0.1) is 6.61 Å². The Morgan fingerprint density at radius 3 is 2.11 bits per heavy atom. The number of nitrogens with one attached hydrogen (secondary N) is 1. The number of rotatable bonds is 15. The standard InChI is InChI=1S/C40H55NO5/c1-9-10-11-12-23-41-24-25-43-31-19-15-30(16-20-31)37-36(29-13-17-32(18-14-29)44-27-39(3,4)5)28(2)34-22-21-33(26-35(34)46-37)45-38(42)40(6,7)8/h13-22,26,37-38,41-42H,9-12,23-25,27H2,1-8H3/t37-,38?/m0/s1. The summed E-state index contributed by atoms with van der Waals surface area (Å²) in [4.78, 5) is 0. The van der Waals surface area contributed by atoms with Gasteiger partial charge in [0.1, 0.15) is 35.7 Å². The first-order valence-corrected chi connectivity index (χ1v) is 16.9. The highest BCUT2D eigenvalue weighted by Gasteiger charge is 2.31. The Balaban J connectivity index is 1.57. The highest BCUT2D eigenvalue weighted by atomic mass is 16.6. The maximum absolute atomic E-state index is 10.6. The number of allylic oxidation sites excluding steroid dienone is 1. The quantitative estimate of drug-likeness (QED) is 0.129. The summed E-state index contributed by atoms with van der Waals surface area (Å²) in [6.45, 7) is 19.8. The van der Waals surface area contributed by atoms with Crippen LogP contribution < -0.4 is 24.3 Å². The lowest BCUT2D eigenvalue weighted by Gasteiger charge is -2.32. The van der Waals surface area contributed by atoms with Crippen LogP contribution in [0.1, 0.15) is 104 Å². The van der Waals surface area contributed by atoms with Crippen molar-refractivity contribution in [2.24, 2.45) is 10.8 Å². The minimum atomic E-state index is -0.944. The van der Waals surface area contributed by atoms with Crippen molar-refractivity contribution in [2.75, 3.05) is 26.3 Å². The second kappa shape index (κ2) is 15.9. The van der Waals surface area contributed by atoms with Crippen molar-refractivity contribution in [1.82, 2.24) is 5.32 Å². The number of hydrogen-bond donors (Lipinski definition) is 2. The van der Waals surface area contributed by atoms with Gasteiger partial charge in [-0.25, -0.2) is 0 Å². The maximum atomic E-state index is 10.6. The monoisotopic (exact) mass is 629 g/mol. The molecule has 1 heterocycles. The molecular weight excluding hydrogens is 574 g/mol. The summed E-state index contributed by atoms with van der Waals surface area (Å²) >= 11 is 0. The summed E-state index contributed by atoms with van der Waals surface area (Å²) in [6.07, 6.45) is 3.74. The minimum Gasteiger partial charge on any atom is -0.493 e. The molecule has 6 heteroatoms. The van der Waals surface area contributed by atoms with Crippen molar-refractivity contribution in [1.29, 1.82) is 0 Å². The second-order valence-electron chi connectivity index (χ2n) is 14.6. The zero-order chi connectivity index (χ0) is 33.3. The minimum absolute atomic E-state index is 0.0793. The van der Waals surface area contributed by atoms with E-state index in [1.165, 1.54) is 25.7 Å². The average molecular weight is 630 g/mol. The Labute approximate surface area is 277 Å². The molecule has 250 valence electrons. The third-order valence-corrected chi connectivity index (χ3v) is 8.03. The van der Waals surface area contributed by atoms with Crippen LogP contribution in [0.5, 0.6) is 23.0 Å². The van der Waals surface area contributed by atoms with E-state index in [4.69, 9.17) is 18.9 Å². The average Bonchev–Trinajstić information content (AvgIpc) is 3.01. The van der Waals surface area contributed by atoms with Gasteiger partial charge in [0.2, 0.25) is 6.29 Å². The van der Waals surface area contributed by atoms with Crippen molar-refractivity contribution < 1.29 is 24.1 Å². The summed E-state index contributed by atoms with van der Waals surface area (Å²) in [6, 6.07) is 22.3. The SMILES string of the molecule is CCCCCCNCCOc1ccc([C@@H]2Oc3cc(OC(O)C(C)(C)C)ccc3C(C)=C2c2ccc(OCC(C)(C)C)cc2)cc1.